The van der Waals surface area contributed by atoms with E-state index in [1.807, 2.05) is 0 Å². The van der Waals surface area contributed by atoms with Gasteiger partial charge in [-0.2, -0.15) is 0 Å². The summed E-state index contributed by atoms with van der Waals surface area (Å²) >= 11 is 0. The molecule has 2 rings (SSSR count). The summed E-state index contributed by atoms with van der Waals surface area (Å²) in [6.07, 6.45) is 3.17. The van der Waals surface area contributed by atoms with Crippen LogP contribution in [0, 0.1) is 13.8 Å². The van der Waals surface area contributed by atoms with Crippen molar-refractivity contribution in [2.24, 2.45) is 0 Å². The van der Waals surface area contributed by atoms with Gasteiger partial charge >= 0.3 is 0 Å². The fourth-order valence-corrected chi connectivity index (χ4v) is 2.46. The first-order valence-electron chi connectivity index (χ1n) is 5.43. The first-order chi connectivity index (χ1) is 6.68. The van der Waals surface area contributed by atoms with Crippen LogP contribution in [0.5, 0.6) is 0 Å². The van der Waals surface area contributed by atoms with E-state index < -0.39 is 0 Å². The minimum atomic E-state index is -0.115. The van der Waals surface area contributed by atoms with Crippen molar-refractivity contribution in [2.75, 3.05) is 0 Å². The average molecular weight is 190 g/mol. The molecule has 14 heavy (non-hydrogen) atoms. The van der Waals surface area contributed by atoms with Gasteiger partial charge in [0, 0.05) is 5.92 Å². The number of benzene rings is 1. The lowest BCUT2D eigenvalue weighted by Gasteiger charge is -2.17. The molecule has 0 aromatic heterocycles. The second-order valence-corrected chi connectivity index (χ2v) is 4.46. The monoisotopic (exact) mass is 190 g/mol. The van der Waals surface area contributed by atoms with E-state index in [0.717, 1.165) is 12.8 Å². The van der Waals surface area contributed by atoms with Gasteiger partial charge in [-0.1, -0.05) is 30.2 Å². The smallest absolute Gasteiger partial charge is 0.0608 e. The van der Waals surface area contributed by atoms with E-state index in [1.54, 1.807) is 0 Å². The molecule has 1 heteroatoms. The van der Waals surface area contributed by atoms with Crippen LogP contribution >= 0.6 is 0 Å². The van der Waals surface area contributed by atoms with Gasteiger partial charge in [-0.05, 0) is 37.8 Å². The number of rotatable bonds is 1. The van der Waals surface area contributed by atoms with Gasteiger partial charge in [0.15, 0.2) is 0 Å². The van der Waals surface area contributed by atoms with Crippen LogP contribution < -0.4 is 0 Å². The topological polar surface area (TPSA) is 20.2 Å². The summed E-state index contributed by atoms with van der Waals surface area (Å²) in [5.74, 6) is 0.384. The van der Waals surface area contributed by atoms with Gasteiger partial charge in [0.05, 0.1) is 6.10 Å². The van der Waals surface area contributed by atoms with Crippen molar-refractivity contribution in [3.8, 4) is 0 Å². The number of aryl methyl sites for hydroxylation is 2. The first kappa shape index (κ1) is 9.72. The molecule has 1 aliphatic carbocycles. The highest BCUT2D eigenvalue weighted by Crippen LogP contribution is 2.36. The summed E-state index contributed by atoms with van der Waals surface area (Å²) in [6.45, 7) is 4.25. The number of aliphatic hydroxyl groups is 1. The van der Waals surface area contributed by atoms with Crippen molar-refractivity contribution in [3.05, 3.63) is 34.9 Å². The summed E-state index contributed by atoms with van der Waals surface area (Å²) in [5.41, 5.74) is 3.97. The molecule has 0 aliphatic heterocycles. The second-order valence-electron chi connectivity index (χ2n) is 4.46. The zero-order valence-electron chi connectivity index (χ0n) is 8.96. The molecule has 2 atom stereocenters. The molecule has 1 aliphatic rings. The molecular weight excluding hydrogens is 172 g/mol. The van der Waals surface area contributed by atoms with E-state index >= 15 is 0 Å². The Morgan fingerprint density at radius 3 is 2.64 bits per heavy atom. The van der Waals surface area contributed by atoms with Crippen LogP contribution in [0.15, 0.2) is 18.2 Å². The molecule has 1 aromatic rings. The molecule has 2 unspecified atom stereocenters. The average Bonchev–Trinajstić information content (AvgIpc) is 2.56. The molecule has 0 radical (unpaired) electrons. The molecule has 76 valence electrons. The van der Waals surface area contributed by atoms with Gasteiger partial charge in [-0.3, -0.25) is 0 Å². The maximum absolute atomic E-state index is 9.86. The Bertz CT molecular complexity index is 330. The Labute approximate surface area is 85.8 Å². The molecule has 1 fully saturated rings. The van der Waals surface area contributed by atoms with Crippen molar-refractivity contribution in [3.63, 3.8) is 0 Å². The van der Waals surface area contributed by atoms with E-state index in [9.17, 15) is 5.11 Å². The number of hydrogen-bond donors (Lipinski definition) is 1. The SMILES string of the molecule is Cc1ccc(C)c(C2CCCC2O)c1. The normalized spacial score (nSPS) is 26.8. The molecule has 0 spiro atoms. The highest BCUT2D eigenvalue weighted by Gasteiger charge is 2.27. The van der Waals surface area contributed by atoms with Crippen molar-refractivity contribution in [1.29, 1.82) is 0 Å². The first-order valence-corrected chi connectivity index (χ1v) is 5.43. The van der Waals surface area contributed by atoms with Crippen molar-refractivity contribution in [1.82, 2.24) is 0 Å². The van der Waals surface area contributed by atoms with Gasteiger partial charge in [-0.25, -0.2) is 0 Å². The van der Waals surface area contributed by atoms with Crippen LogP contribution in [-0.2, 0) is 0 Å². The summed E-state index contributed by atoms with van der Waals surface area (Å²) in [7, 11) is 0. The predicted molar refractivity (Wildman–Crippen MR) is 58.5 cm³/mol. The maximum Gasteiger partial charge on any atom is 0.0608 e. The van der Waals surface area contributed by atoms with Gasteiger partial charge in [0.2, 0.25) is 0 Å². The van der Waals surface area contributed by atoms with Crippen LogP contribution in [0.1, 0.15) is 41.9 Å². The minimum Gasteiger partial charge on any atom is -0.392 e. The van der Waals surface area contributed by atoms with Crippen molar-refractivity contribution < 1.29 is 5.11 Å². The van der Waals surface area contributed by atoms with E-state index in [2.05, 4.69) is 32.0 Å². The van der Waals surface area contributed by atoms with E-state index in [0.29, 0.717) is 5.92 Å². The Morgan fingerprint density at radius 2 is 2.00 bits per heavy atom. The summed E-state index contributed by atoms with van der Waals surface area (Å²) in [4.78, 5) is 0. The molecule has 1 nitrogen and oxygen atoms in total. The van der Waals surface area contributed by atoms with Crippen molar-refractivity contribution >= 4 is 0 Å². The highest BCUT2D eigenvalue weighted by molar-refractivity contribution is 5.34. The fraction of sp³-hybridized carbons (Fsp3) is 0.538. The van der Waals surface area contributed by atoms with Crippen LogP contribution in [0.25, 0.3) is 0 Å². The molecule has 0 amide bonds. The van der Waals surface area contributed by atoms with Gasteiger partial charge in [0.25, 0.3) is 0 Å². The van der Waals surface area contributed by atoms with E-state index in [1.165, 1.54) is 23.1 Å². The molecule has 0 heterocycles. The Balaban J connectivity index is 2.34. The van der Waals surface area contributed by atoms with Crippen LogP contribution in [-0.4, -0.2) is 11.2 Å². The molecular formula is C13H18O. The summed E-state index contributed by atoms with van der Waals surface area (Å²) in [5, 5.41) is 9.86. The fourth-order valence-electron chi connectivity index (χ4n) is 2.46. The Morgan fingerprint density at radius 1 is 1.21 bits per heavy atom. The van der Waals surface area contributed by atoms with Gasteiger partial charge < -0.3 is 5.11 Å². The molecule has 0 saturated heterocycles. The third kappa shape index (κ3) is 1.69. The van der Waals surface area contributed by atoms with Gasteiger partial charge in [0.1, 0.15) is 0 Å². The molecule has 1 N–H and O–H groups in total. The molecule has 1 aromatic carbocycles. The number of aliphatic hydroxyl groups excluding tert-OH is 1. The molecule has 0 bridgehead atoms. The lowest BCUT2D eigenvalue weighted by atomic mass is 9.91. The zero-order valence-corrected chi connectivity index (χ0v) is 8.96. The molecule has 1 saturated carbocycles. The Hall–Kier alpha value is -0.820. The third-order valence-electron chi connectivity index (χ3n) is 3.31. The minimum absolute atomic E-state index is 0.115. The largest absolute Gasteiger partial charge is 0.392 e. The summed E-state index contributed by atoms with van der Waals surface area (Å²) in [6, 6.07) is 6.53. The van der Waals surface area contributed by atoms with E-state index in [-0.39, 0.29) is 6.10 Å². The number of hydrogen-bond acceptors (Lipinski definition) is 1. The second kappa shape index (κ2) is 3.74. The van der Waals surface area contributed by atoms with Gasteiger partial charge in [-0.15, -0.1) is 0 Å². The quantitative estimate of drug-likeness (QED) is 0.722. The lowest BCUT2D eigenvalue weighted by molar-refractivity contribution is 0.163. The zero-order chi connectivity index (χ0) is 10.1. The van der Waals surface area contributed by atoms with Crippen LogP contribution in [0.2, 0.25) is 0 Å². The standard InChI is InChI=1S/C13H18O/c1-9-6-7-10(2)12(8-9)11-4-3-5-13(11)14/h6-8,11,13-14H,3-5H2,1-2H3. The maximum atomic E-state index is 9.86. The highest BCUT2D eigenvalue weighted by atomic mass is 16.3. The third-order valence-corrected chi connectivity index (χ3v) is 3.31. The lowest BCUT2D eigenvalue weighted by Crippen LogP contribution is -2.12. The van der Waals surface area contributed by atoms with Crippen LogP contribution in [0.4, 0.5) is 0 Å². The van der Waals surface area contributed by atoms with Crippen LogP contribution in [0.3, 0.4) is 0 Å². The van der Waals surface area contributed by atoms with Crippen molar-refractivity contribution in [2.45, 2.75) is 45.1 Å². The predicted octanol–water partition coefficient (Wildman–Crippen LogP) is 2.93. The summed E-state index contributed by atoms with van der Waals surface area (Å²) < 4.78 is 0. The Kier molecular flexibility index (Phi) is 2.60. The van der Waals surface area contributed by atoms with E-state index in [4.69, 9.17) is 0 Å².